The van der Waals surface area contributed by atoms with E-state index in [1.165, 1.54) is 0 Å². The molecule has 0 bridgehead atoms. The second kappa shape index (κ2) is 5.01. The lowest BCUT2D eigenvalue weighted by Crippen LogP contribution is -2.29. The van der Waals surface area contributed by atoms with E-state index in [1.807, 2.05) is 10.8 Å². The molecule has 2 heterocycles. The van der Waals surface area contributed by atoms with E-state index in [4.69, 9.17) is 0 Å². The number of hydrogen-bond acceptors (Lipinski definition) is 4. The molecule has 1 atom stereocenters. The molecule has 1 saturated heterocycles. The molecule has 0 spiro atoms. The van der Waals surface area contributed by atoms with Gasteiger partial charge < -0.3 is 9.88 Å². The topological polar surface area (TPSA) is 64.0 Å². The number of nitrogens with zero attached hydrogens (tertiary/aromatic N) is 2. The van der Waals surface area contributed by atoms with Gasteiger partial charge in [-0.15, -0.1) is 0 Å². The number of rotatable bonds is 5. The molecule has 0 amide bonds. The first-order chi connectivity index (χ1) is 8.47. The Morgan fingerprint density at radius 1 is 1.56 bits per heavy atom. The number of aromatic nitrogens is 2. The highest BCUT2D eigenvalue weighted by Crippen LogP contribution is 2.29. The molecule has 2 rings (SSSR count). The van der Waals surface area contributed by atoms with Crippen molar-refractivity contribution in [1.29, 1.82) is 0 Å². The maximum atomic E-state index is 11.6. The van der Waals surface area contributed by atoms with Crippen molar-refractivity contribution >= 4 is 9.84 Å². The van der Waals surface area contributed by atoms with Crippen LogP contribution in [0.1, 0.15) is 26.0 Å². The van der Waals surface area contributed by atoms with Gasteiger partial charge in [0.1, 0.15) is 0 Å². The van der Waals surface area contributed by atoms with Crippen LogP contribution in [-0.4, -0.2) is 42.6 Å². The molecule has 1 aliphatic rings. The zero-order chi connectivity index (χ0) is 13.2. The largest absolute Gasteiger partial charge is 0.333 e. The molecule has 18 heavy (non-hydrogen) atoms. The van der Waals surface area contributed by atoms with E-state index in [0.717, 1.165) is 25.2 Å². The zero-order valence-corrected chi connectivity index (χ0v) is 11.8. The smallest absolute Gasteiger partial charge is 0.151 e. The third-order valence-corrected chi connectivity index (χ3v) is 5.47. The van der Waals surface area contributed by atoms with Crippen molar-refractivity contribution in [3.63, 3.8) is 0 Å². The highest BCUT2D eigenvalue weighted by Gasteiger charge is 2.33. The van der Waals surface area contributed by atoms with Crippen LogP contribution in [0.2, 0.25) is 0 Å². The van der Waals surface area contributed by atoms with Gasteiger partial charge in [-0.2, -0.15) is 0 Å². The van der Waals surface area contributed by atoms with Crippen LogP contribution in [0.15, 0.2) is 12.5 Å². The highest BCUT2D eigenvalue weighted by molar-refractivity contribution is 7.91. The second-order valence-corrected chi connectivity index (χ2v) is 7.67. The molecule has 5 nitrogen and oxygen atoms in total. The number of aryl methyl sites for hydroxylation is 1. The monoisotopic (exact) mass is 271 g/mol. The second-order valence-electron chi connectivity index (χ2n) is 5.20. The van der Waals surface area contributed by atoms with E-state index in [-0.39, 0.29) is 16.9 Å². The van der Waals surface area contributed by atoms with Gasteiger partial charge in [0.05, 0.1) is 12.1 Å². The van der Waals surface area contributed by atoms with Crippen molar-refractivity contribution in [2.45, 2.75) is 32.2 Å². The first-order valence-electron chi connectivity index (χ1n) is 6.39. The summed E-state index contributed by atoms with van der Waals surface area (Å²) in [5, 5.41) is 3.35. The summed E-state index contributed by atoms with van der Waals surface area (Å²) in [5.41, 5.74) is 1.21. The quantitative estimate of drug-likeness (QED) is 0.850. The van der Waals surface area contributed by atoms with Gasteiger partial charge in [0, 0.05) is 36.1 Å². The van der Waals surface area contributed by atoms with Crippen molar-refractivity contribution in [2.75, 3.05) is 24.6 Å². The van der Waals surface area contributed by atoms with Gasteiger partial charge >= 0.3 is 0 Å². The number of sulfone groups is 1. The molecular formula is C12H21N3O2S. The van der Waals surface area contributed by atoms with Gasteiger partial charge in [-0.1, -0.05) is 13.8 Å². The number of nitrogens with one attached hydrogen (secondary N) is 1. The fourth-order valence-corrected chi connectivity index (χ4v) is 3.18. The van der Waals surface area contributed by atoms with Crippen LogP contribution in [0, 0.1) is 0 Å². The molecular weight excluding hydrogens is 250 g/mol. The van der Waals surface area contributed by atoms with Gasteiger partial charge in [0.15, 0.2) is 9.84 Å². The predicted octanol–water partition coefficient (Wildman–Crippen LogP) is 0.569. The molecule has 1 aliphatic heterocycles. The Hall–Kier alpha value is -0.880. The minimum Gasteiger partial charge on any atom is -0.333 e. The molecule has 1 aromatic rings. The Balaban J connectivity index is 2.13. The third kappa shape index (κ3) is 2.75. The highest BCUT2D eigenvalue weighted by atomic mass is 32.2. The first kappa shape index (κ1) is 13.5. The SMILES string of the molecule is CCS(=O)(=O)CCn1cncc1C1(C)CCNC1. The van der Waals surface area contributed by atoms with Crippen molar-refractivity contribution in [1.82, 2.24) is 14.9 Å². The van der Waals surface area contributed by atoms with Crippen molar-refractivity contribution < 1.29 is 8.42 Å². The van der Waals surface area contributed by atoms with E-state index >= 15 is 0 Å². The van der Waals surface area contributed by atoms with Crippen molar-refractivity contribution in [3.8, 4) is 0 Å². The van der Waals surface area contributed by atoms with Gasteiger partial charge in [-0.25, -0.2) is 13.4 Å². The fraction of sp³-hybridized carbons (Fsp3) is 0.750. The summed E-state index contributed by atoms with van der Waals surface area (Å²) < 4.78 is 25.1. The van der Waals surface area contributed by atoms with Crippen molar-refractivity contribution in [2.24, 2.45) is 0 Å². The lowest BCUT2D eigenvalue weighted by Gasteiger charge is -2.24. The standard InChI is InChI=1S/C12H21N3O2S/c1-3-18(16,17)7-6-15-10-14-8-11(15)12(2)4-5-13-9-12/h8,10,13H,3-7,9H2,1-2H3. The lowest BCUT2D eigenvalue weighted by molar-refractivity contribution is 0.477. The summed E-state index contributed by atoms with van der Waals surface area (Å²) in [5.74, 6) is 0.395. The minimum atomic E-state index is -2.92. The van der Waals surface area contributed by atoms with Crippen LogP contribution in [0.25, 0.3) is 0 Å². The summed E-state index contributed by atoms with van der Waals surface area (Å²) in [7, 11) is -2.92. The van der Waals surface area contributed by atoms with Crippen LogP contribution in [0.5, 0.6) is 0 Å². The fourth-order valence-electron chi connectivity index (χ4n) is 2.42. The Labute approximate surface area is 109 Å². The maximum Gasteiger partial charge on any atom is 0.151 e. The molecule has 1 N–H and O–H groups in total. The maximum absolute atomic E-state index is 11.6. The van der Waals surface area contributed by atoms with E-state index in [2.05, 4.69) is 17.2 Å². The summed E-state index contributed by atoms with van der Waals surface area (Å²) in [4.78, 5) is 4.18. The first-order valence-corrected chi connectivity index (χ1v) is 8.21. The molecule has 1 unspecified atom stereocenters. The average molecular weight is 271 g/mol. The van der Waals surface area contributed by atoms with Gasteiger partial charge in [-0.3, -0.25) is 0 Å². The van der Waals surface area contributed by atoms with E-state index in [9.17, 15) is 8.42 Å². The Morgan fingerprint density at radius 3 is 2.94 bits per heavy atom. The third-order valence-electron chi connectivity index (χ3n) is 3.78. The minimum absolute atomic E-state index is 0.0759. The molecule has 102 valence electrons. The zero-order valence-electron chi connectivity index (χ0n) is 11.0. The lowest BCUT2D eigenvalue weighted by atomic mass is 9.86. The van der Waals surface area contributed by atoms with Gasteiger partial charge in [-0.05, 0) is 13.0 Å². The van der Waals surface area contributed by atoms with Gasteiger partial charge in [0.25, 0.3) is 0 Å². The van der Waals surface area contributed by atoms with Crippen molar-refractivity contribution in [3.05, 3.63) is 18.2 Å². The summed E-state index contributed by atoms with van der Waals surface area (Å²) in [6.45, 7) is 6.33. The molecule has 0 aromatic carbocycles. The average Bonchev–Trinajstić information content (AvgIpc) is 2.96. The van der Waals surface area contributed by atoms with Crippen LogP contribution < -0.4 is 5.32 Å². The van der Waals surface area contributed by atoms with Gasteiger partial charge in [0.2, 0.25) is 0 Å². The summed E-state index contributed by atoms with van der Waals surface area (Å²) in [6, 6.07) is 0. The van der Waals surface area contributed by atoms with E-state index < -0.39 is 9.84 Å². The Bertz CT molecular complexity index is 501. The summed E-state index contributed by atoms with van der Waals surface area (Å²) in [6.07, 6.45) is 4.68. The number of hydrogen-bond donors (Lipinski definition) is 1. The van der Waals surface area contributed by atoms with Crippen LogP contribution in [0.3, 0.4) is 0 Å². The molecule has 6 heteroatoms. The summed E-state index contributed by atoms with van der Waals surface area (Å²) >= 11 is 0. The normalized spacial score (nSPS) is 24.6. The molecule has 1 fully saturated rings. The van der Waals surface area contributed by atoms with Crippen LogP contribution in [0.4, 0.5) is 0 Å². The van der Waals surface area contributed by atoms with E-state index in [1.54, 1.807) is 13.3 Å². The molecule has 0 saturated carbocycles. The van der Waals surface area contributed by atoms with Crippen LogP contribution >= 0.6 is 0 Å². The van der Waals surface area contributed by atoms with Crippen LogP contribution in [-0.2, 0) is 21.8 Å². The van der Waals surface area contributed by atoms with E-state index in [0.29, 0.717) is 6.54 Å². The predicted molar refractivity (Wildman–Crippen MR) is 71.4 cm³/mol. The molecule has 0 radical (unpaired) electrons. The number of imidazole rings is 1. The Morgan fingerprint density at radius 2 is 2.33 bits per heavy atom. The molecule has 0 aliphatic carbocycles. The molecule has 1 aromatic heterocycles. The Kier molecular flexibility index (Phi) is 3.77.